The molecule has 3 rings (SSSR count). The molecule has 0 bridgehead atoms. The van der Waals surface area contributed by atoms with Crippen LogP contribution in [-0.4, -0.2) is 30.7 Å². The highest BCUT2D eigenvalue weighted by Gasteiger charge is 2.39. The van der Waals surface area contributed by atoms with E-state index >= 15 is 0 Å². The maximum atomic E-state index is 13.1. The second-order valence-corrected chi connectivity index (χ2v) is 8.77. The fourth-order valence-electron chi connectivity index (χ4n) is 4.23. The lowest BCUT2D eigenvalue weighted by Crippen LogP contribution is -2.25. The molecule has 0 aliphatic heterocycles. The quantitative estimate of drug-likeness (QED) is 0.340. The number of nitrogens with zero attached hydrogens (tertiary/aromatic N) is 1. The van der Waals surface area contributed by atoms with Crippen molar-refractivity contribution in [3.8, 4) is 5.75 Å². The highest BCUT2D eigenvalue weighted by molar-refractivity contribution is 6.00. The van der Waals surface area contributed by atoms with E-state index in [0.717, 1.165) is 36.0 Å². The predicted octanol–water partition coefficient (Wildman–Crippen LogP) is 8.44. The Hall–Kier alpha value is -3.09. The van der Waals surface area contributed by atoms with Gasteiger partial charge in [0.05, 0.1) is 24.1 Å². The van der Waals surface area contributed by atoms with Crippen molar-refractivity contribution in [2.75, 3.05) is 13.7 Å². The molecule has 0 spiro atoms. The Morgan fingerprint density at radius 3 is 2.57 bits per heavy atom. The van der Waals surface area contributed by atoms with Gasteiger partial charge >= 0.3 is 6.18 Å². The first kappa shape index (κ1) is 30.1. The molecule has 0 saturated carbocycles. The molecule has 1 aromatic carbocycles. The number of halogens is 3. The van der Waals surface area contributed by atoms with Crippen LogP contribution in [0.5, 0.6) is 5.75 Å². The minimum absolute atomic E-state index is 0.0433. The normalized spacial score (nSPS) is 16.3. The van der Waals surface area contributed by atoms with Gasteiger partial charge in [0.25, 0.3) is 5.91 Å². The number of allylic oxidation sites excluding steroid dienone is 4. The number of ether oxygens (including phenoxy) is 1. The van der Waals surface area contributed by atoms with E-state index in [1.807, 2.05) is 19.9 Å². The van der Waals surface area contributed by atoms with Gasteiger partial charge in [0.1, 0.15) is 5.75 Å². The van der Waals surface area contributed by atoms with Crippen LogP contribution in [0.4, 0.5) is 13.2 Å². The number of methoxy groups -OCH3 is 1. The number of hydrogen-bond donors (Lipinski definition) is 1. The van der Waals surface area contributed by atoms with Crippen LogP contribution in [0.3, 0.4) is 0 Å². The van der Waals surface area contributed by atoms with E-state index in [1.165, 1.54) is 13.3 Å². The van der Waals surface area contributed by atoms with Gasteiger partial charge in [-0.25, -0.2) is 0 Å². The lowest BCUT2D eigenvalue weighted by molar-refractivity contribution is -0.175. The highest BCUT2D eigenvalue weighted by Crippen LogP contribution is 2.41. The van der Waals surface area contributed by atoms with E-state index in [9.17, 15) is 18.0 Å². The van der Waals surface area contributed by atoms with Gasteiger partial charge in [-0.2, -0.15) is 13.2 Å². The first-order valence-electron chi connectivity index (χ1n) is 13.1. The number of fused-ring (bicyclic) bond motifs is 1. The molecule has 7 heteroatoms. The van der Waals surface area contributed by atoms with Crippen LogP contribution in [0, 0.1) is 5.92 Å². The molecule has 1 aromatic heterocycles. The highest BCUT2D eigenvalue weighted by atomic mass is 19.4. The van der Waals surface area contributed by atoms with Crippen LogP contribution < -0.4 is 10.1 Å². The van der Waals surface area contributed by atoms with Crippen molar-refractivity contribution >= 4 is 22.4 Å². The summed E-state index contributed by atoms with van der Waals surface area (Å²) in [5.74, 6) is -0.977. The lowest BCUT2D eigenvalue weighted by Gasteiger charge is -2.24. The zero-order valence-corrected chi connectivity index (χ0v) is 22.5. The molecule has 1 amide bonds. The Labute approximate surface area is 218 Å². The summed E-state index contributed by atoms with van der Waals surface area (Å²) in [6, 6.07) is 5.35. The lowest BCUT2D eigenvalue weighted by atomic mass is 9.85. The molecule has 1 aliphatic carbocycles. The Kier molecular flexibility index (Phi) is 11.9. The minimum Gasteiger partial charge on any atom is -0.497 e. The van der Waals surface area contributed by atoms with Crippen LogP contribution in [0.2, 0.25) is 0 Å². The van der Waals surface area contributed by atoms with Crippen molar-refractivity contribution in [1.82, 2.24) is 10.3 Å². The number of amides is 1. The summed E-state index contributed by atoms with van der Waals surface area (Å²) in [6.07, 6.45) is 8.48. The molecule has 0 radical (unpaired) electrons. The average molecular weight is 517 g/mol. The molecule has 1 heterocycles. The zero-order valence-electron chi connectivity index (χ0n) is 22.5. The second kappa shape index (κ2) is 14.6. The molecular formula is C30H39F3N2O2. The van der Waals surface area contributed by atoms with Gasteiger partial charge in [0.15, 0.2) is 0 Å². The number of unbranched alkanes of at least 4 members (excludes halogenated alkanes) is 1. The van der Waals surface area contributed by atoms with Gasteiger partial charge in [0, 0.05) is 23.7 Å². The number of rotatable bonds is 9. The number of pyridine rings is 1. The van der Waals surface area contributed by atoms with E-state index in [4.69, 9.17) is 4.74 Å². The maximum absolute atomic E-state index is 13.1. The summed E-state index contributed by atoms with van der Waals surface area (Å²) in [4.78, 5) is 17.4. The first-order chi connectivity index (χ1) is 17.8. The van der Waals surface area contributed by atoms with E-state index in [-0.39, 0.29) is 18.7 Å². The Bertz CT molecular complexity index is 1130. The number of benzene rings is 1. The van der Waals surface area contributed by atoms with E-state index < -0.39 is 12.1 Å². The summed E-state index contributed by atoms with van der Waals surface area (Å²) in [5.41, 5.74) is 3.69. The largest absolute Gasteiger partial charge is 0.497 e. The number of aromatic nitrogens is 1. The third-order valence-electron chi connectivity index (χ3n) is 6.18. The summed E-state index contributed by atoms with van der Waals surface area (Å²) in [5, 5.41) is 3.66. The summed E-state index contributed by atoms with van der Waals surface area (Å²) in [6.45, 7) is 8.59. The van der Waals surface area contributed by atoms with Crippen LogP contribution in [0.25, 0.3) is 16.5 Å². The topological polar surface area (TPSA) is 51.2 Å². The number of carbonyl (C=O) groups is 1. The van der Waals surface area contributed by atoms with Gasteiger partial charge < -0.3 is 10.1 Å². The molecule has 202 valence electrons. The number of hydrogen-bond acceptors (Lipinski definition) is 3. The molecule has 37 heavy (non-hydrogen) atoms. The Balaban J connectivity index is 0.00000235. The molecule has 1 unspecified atom stereocenters. The van der Waals surface area contributed by atoms with E-state index in [0.29, 0.717) is 35.2 Å². The third kappa shape index (κ3) is 8.48. The second-order valence-electron chi connectivity index (χ2n) is 8.77. The number of alkyl halides is 3. The van der Waals surface area contributed by atoms with Crippen molar-refractivity contribution in [1.29, 1.82) is 0 Å². The summed E-state index contributed by atoms with van der Waals surface area (Å²) < 4.78 is 44.7. The van der Waals surface area contributed by atoms with Gasteiger partial charge in [0.2, 0.25) is 0 Å². The monoisotopic (exact) mass is 516 g/mol. The number of nitrogens with one attached hydrogen (secondary N) is 1. The first-order valence-corrected chi connectivity index (χ1v) is 13.1. The number of carbonyl (C=O) groups excluding carboxylic acids is 1. The van der Waals surface area contributed by atoms with Crippen molar-refractivity contribution in [2.45, 2.75) is 72.4 Å². The maximum Gasteiger partial charge on any atom is 0.392 e. The average Bonchev–Trinajstić information content (AvgIpc) is 2.91. The van der Waals surface area contributed by atoms with E-state index in [1.54, 1.807) is 24.3 Å². The molecule has 2 aromatic rings. The van der Waals surface area contributed by atoms with Gasteiger partial charge in [-0.05, 0) is 61.4 Å². The van der Waals surface area contributed by atoms with Crippen molar-refractivity contribution < 1.29 is 22.7 Å². The van der Waals surface area contributed by atoms with Crippen LogP contribution in [-0.2, 0) is 0 Å². The smallest absolute Gasteiger partial charge is 0.392 e. The minimum atomic E-state index is -4.18. The van der Waals surface area contributed by atoms with E-state index in [2.05, 4.69) is 36.3 Å². The predicted molar refractivity (Wildman–Crippen MR) is 146 cm³/mol. The molecule has 1 aliphatic rings. The fraction of sp³-hybridized carbons (Fsp3) is 0.467. The molecule has 0 saturated heterocycles. The zero-order chi connectivity index (χ0) is 27.4. The SMILES string of the molecule is CC.CC/C=C(/C=C\CCC)CNC(=O)c1cnc2c(C3=CCC(C(F)(F)F)CC3)cc(OC)cc2c1. The summed E-state index contributed by atoms with van der Waals surface area (Å²) in [7, 11) is 1.54. The fourth-order valence-corrected chi connectivity index (χ4v) is 4.23. The van der Waals surface area contributed by atoms with Crippen LogP contribution >= 0.6 is 0 Å². The Morgan fingerprint density at radius 2 is 1.97 bits per heavy atom. The van der Waals surface area contributed by atoms with Gasteiger partial charge in [-0.3, -0.25) is 9.78 Å². The van der Waals surface area contributed by atoms with Crippen LogP contribution in [0.15, 0.2) is 54.3 Å². The van der Waals surface area contributed by atoms with Gasteiger partial charge in [-0.1, -0.05) is 58.4 Å². The van der Waals surface area contributed by atoms with Crippen LogP contribution in [0.1, 0.15) is 82.1 Å². The summed E-state index contributed by atoms with van der Waals surface area (Å²) >= 11 is 0. The molecule has 4 nitrogen and oxygen atoms in total. The molecule has 1 atom stereocenters. The van der Waals surface area contributed by atoms with Crippen molar-refractivity contribution in [3.63, 3.8) is 0 Å². The van der Waals surface area contributed by atoms with Crippen molar-refractivity contribution in [2.24, 2.45) is 5.92 Å². The van der Waals surface area contributed by atoms with Gasteiger partial charge in [-0.15, -0.1) is 0 Å². The molecule has 0 fully saturated rings. The third-order valence-corrected chi connectivity index (χ3v) is 6.18. The standard InChI is InChI=1S/C28H33F3N2O2.C2H6/c1-4-6-7-9-19(8-5-2)17-33-27(34)22-14-21-15-24(35-3)16-25(26(21)32-18-22)20-10-12-23(13-11-20)28(29,30)31;1-2/h7-10,14-16,18,23H,4-6,11-13,17H2,1-3H3,(H,33,34);1-2H3/b9-7-,19-8-;. The van der Waals surface area contributed by atoms with Crippen molar-refractivity contribution in [3.05, 3.63) is 65.4 Å². The molecule has 1 N–H and O–H groups in total. The Morgan fingerprint density at radius 1 is 1.22 bits per heavy atom. The molecular weight excluding hydrogens is 477 g/mol.